The summed E-state index contributed by atoms with van der Waals surface area (Å²) in [6.07, 6.45) is 11.9. The van der Waals surface area contributed by atoms with Crippen LogP contribution in [0.25, 0.3) is 0 Å². The molecule has 62 heavy (non-hydrogen) atoms. The number of hydrogen-bond donors (Lipinski definition) is 5. The molecule has 0 fully saturated rings. The van der Waals surface area contributed by atoms with Crippen molar-refractivity contribution in [3.05, 3.63) is 29.8 Å². The zero-order valence-electron chi connectivity index (χ0n) is 38.0. The van der Waals surface area contributed by atoms with Gasteiger partial charge in [-0.3, -0.25) is 38.7 Å². The van der Waals surface area contributed by atoms with Gasteiger partial charge in [-0.2, -0.15) is 0 Å². The maximum absolute atomic E-state index is 13.5. The summed E-state index contributed by atoms with van der Waals surface area (Å²) in [6.45, 7) is 6.62. The quantitative estimate of drug-likeness (QED) is 0.0439. The number of carboxylic acids is 4. The van der Waals surface area contributed by atoms with Gasteiger partial charge in [0.25, 0.3) is 0 Å². The molecule has 0 radical (unpaired) electrons. The molecule has 17 heteroatoms. The van der Waals surface area contributed by atoms with Crippen molar-refractivity contribution in [2.45, 2.75) is 124 Å². The zero-order valence-corrected chi connectivity index (χ0v) is 40.9. The Morgan fingerprint density at radius 2 is 1.03 bits per heavy atom. The summed E-state index contributed by atoms with van der Waals surface area (Å²) in [5.41, 5.74) is 0.636. The molecular weight excluding hydrogens is 905 g/mol. The Labute approximate surface area is 373 Å². The molecule has 1 aromatic rings. The number of carbonyl (C=O) groups excluding carboxylic acids is 3. The fraction of sp³-hybridized carbons (Fsp3) is 0.711. The van der Waals surface area contributed by atoms with E-state index in [-0.39, 0.29) is 51.0 Å². The van der Waals surface area contributed by atoms with Crippen molar-refractivity contribution in [3.8, 4) is 0 Å². The fourth-order valence-electron chi connectivity index (χ4n) is 7.74. The minimum absolute atomic E-state index is 0.000777. The van der Waals surface area contributed by atoms with Gasteiger partial charge in [0.1, 0.15) is 5.78 Å². The van der Waals surface area contributed by atoms with Crippen LogP contribution in [0.1, 0.15) is 122 Å². The van der Waals surface area contributed by atoms with Gasteiger partial charge in [0, 0.05) is 32.6 Å². The Balaban J connectivity index is 2.93. The standard InChI is InChI=1S/C33H50N5O11.3C4H9.Sn/c1-2-3-4-8-13-27(39)20-36(23-30(43)44)18-16-35(22-29(41)42)17-19-37(24-31(45)46)21-28(40)38(25-32(47)48)15-10-9-14-34-33(49)26-11-6-5-7-12-26;3*1-3-4-2;/h5-6,11-12H,2-4,8-10,13-25H2,1H3,(H,34,49)(H,41,42)(H,43,44)(H,45,46)(H,47,48);3*1,3-4H2,2H3;. The van der Waals surface area contributed by atoms with Crippen LogP contribution in [0.15, 0.2) is 24.3 Å². The molecule has 0 bridgehead atoms. The summed E-state index contributed by atoms with van der Waals surface area (Å²) in [5, 5.41) is 41.2. The molecule has 0 aliphatic heterocycles. The van der Waals surface area contributed by atoms with E-state index in [0.29, 0.717) is 37.8 Å². The average Bonchev–Trinajstić information content (AvgIpc) is 3.21. The molecule has 0 aliphatic rings. The predicted octanol–water partition coefficient (Wildman–Crippen LogP) is 4.87. The van der Waals surface area contributed by atoms with E-state index < -0.39 is 80.9 Å². The van der Waals surface area contributed by atoms with Crippen LogP contribution in [0.3, 0.4) is 0 Å². The van der Waals surface area contributed by atoms with E-state index in [0.717, 1.165) is 43.4 Å². The number of unbranched alkanes of at least 4 members (excludes halogenated alkanes) is 7. The minimum atomic E-state index is -2.75. The maximum atomic E-state index is 13.5. The second-order valence-electron chi connectivity index (χ2n) is 16.6. The molecule has 0 aliphatic carbocycles. The first-order valence-corrected chi connectivity index (χ1v) is 30.3. The number of carboxylic acid groups (broad SMARTS) is 4. The van der Waals surface area contributed by atoms with E-state index in [1.807, 2.05) is 12.1 Å². The van der Waals surface area contributed by atoms with Crippen LogP contribution in [-0.4, -0.2) is 178 Å². The molecule has 2 amide bonds. The smallest absolute Gasteiger partial charge is 0.480 e. The van der Waals surface area contributed by atoms with Crippen LogP contribution < -0.4 is 8.90 Å². The molecule has 1 aromatic carbocycles. The summed E-state index contributed by atoms with van der Waals surface area (Å²) >= 11 is -2.75. The number of aliphatic carboxylic acids is 4. The van der Waals surface area contributed by atoms with Crippen LogP contribution >= 0.6 is 0 Å². The van der Waals surface area contributed by atoms with E-state index in [1.165, 1.54) is 50.9 Å². The summed E-state index contributed by atoms with van der Waals surface area (Å²) < 4.78 is 5.28. The monoisotopic (exact) mass is 983 g/mol. The van der Waals surface area contributed by atoms with Gasteiger partial charge in [0.15, 0.2) is 0 Å². The van der Waals surface area contributed by atoms with Gasteiger partial charge >= 0.3 is 219 Å². The number of hydrogen-bond acceptors (Lipinski definition) is 10. The Bertz CT molecular complexity index is 1510. The molecule has 0 saturated heterocycles. The Kier molecular flexibility index (Phi) is 30.0. The van der Waals surface area contributed by atoms with Crippen LogP contribution in [0, 0.1) is 0 Å². The van der Waals surface area contributed by atoms with Crippen molar-refractivity contribution >= 4 is 63.4 Å². The van der Waals surface area contributed by atoms with Crippen LogP contribution in [0.4, 0.5) is 0 Å². The SMILES string of the molecule is CCCCCCC(=O)CN(CCN(CCN(CC(=O)O)CC(=O)N(CCCCNC(=O)c1ccc[c]([Sn]([CH2]CCC)([CH2]CCC)[CH2]CCC)c1)CC(=O)O)CC(=O)O)CC(=O)O. The number of nitrogens with zero attached hydrogens (tertiary/aromatic N) is 4. The van der Waals surface area contributed by atoms with E-state index in [4.69, 9.17) is 0 Å². The van der Waals surface area contributed by atoms with Crippen LogP contribution in [0.2, 0.25) is 13.3 Å². The first-order chi connectivity index (χ1) is 29.6. The third-order valence-electron chi connectivity index (χ3n) is 11.2. The van der Waals surface area contributed by atoms with Gasteiger partial charge in [-0.15, -0.1) is 0 Å². The molecule has 0 saturated carbocycles. The number of rotatable bonds is 39. The van der Waals surface area contributed by atoms with Crippen molar-refractivity contribution in [2.24, 2.45) is 0 Å². The van der Waals surface area contributed by atoms with Gasteiger partial charge in [0.2, 0.25) is 0 Å². The number of nitrogens with one attached hydrogen (secondary N) is 1. The normalized spacial score (nSPS) is 11.6. The molecule has 352 valence electrons. The molecule has 0 spiro atoms. The Morgan fingerprint density at radius 1 is 0.532 bits per heavy atom. The van der Waals surface area contributed by atoms with Gasteiger partial charge < -0.3 is 20.4 Å². The number of amides is 2. The van der Waals surface area contributed by atoms with E-state index in [2.05, 4.69) is 45.1 Å². The fourth-order valence-corrected chi connectivity index (χ4v) is 23.8. The van der Waals surface area contributed by atoms with Gasteiger partial charge in [-0.05, 0) is 6.42 Å². The van der Waals surface area contributed by atoms with Crippen molar-refractivity contribution in [1.29, 1.82) is 0 Å². The molecular formula is C45H77N5O11Sn. The second-order valence-corrected chi connectivity index (χ2v) is 29.8. The number of ketones is 1. The zero-order chi connectivity index (χ0) is 46.3. The average molecular weight is 983 g/mol. The first-order valence-electron chi connectivity index (χ1n) is 22.8. The Morgan fingerprint density at radius 3 is 1.55 bits per heavy atom. The molecule has 1 rings (SSSR count). The summed E-state index contributed by atoms with van der Waals surface area (Å²) in [5.74, 6) is -5.69. The number of benzene rings is 1. The van der Waals surface area contributed by atoms with Crippen molar-refractivity contribution in [1.82, 2.24) is 24.9 Å². The van der Waals surface area contributed by atoms with Crippen LogP contribution in [-0.2, 0) is 28.8 Å². The summed E-state index contributed by atoms with van der Waals surface area (Å²) in [4.78, 5) is 91.5. The van der Waals surface area contributed by atoms with Gasteiger partial charge in [-0.1, -0.05) is 26.2 Å². The first kappa shape index (κ1) is 56.4. The van der Waals surface area contributed by atoms with Gasteiger partial charge in [0.05, 0.1) is 26.2 Å². The van der Waals surface area contributed by atoms with Crippen LogP contribution in [0.5, 0.6) is 0 Å². The van der Waals surface area contributed by atoms with Crippen molar-refractivity contribution < 1.29 is 54.0 Å². The number of carbonyl (C=O) groups is 7. The van der Waals surface area contributed by atoms with E-state index in [1.54, 1.807) is 0 Å². The molecule has 16 nitrogen and oxygen atoms in total. The van der Waals surface area contributed by atoms with E-state index in [9.17, 15) is 54.0 Å². The number of Topliss-reactive ketones (excluding diaryl/α,β-unsaturated/α-hetero) is 1. The topological polar surface area (TPSA) is 225 Å². The molecule has 0 atom stereocenters. The van der Waals surface area contributed by atoms with E-state index >= 15 is 0 Å². The van der Waals surface area contributed by atoms with Crippen molar-refractivity contribution in [2.75, 3.05) is 78.5 Å². The molecule has 0 heterocycles. The second kappa shape index (κ2) is 33.0. The molecule has 0 aromatic heterocycles. The van der Waals surface area contributed by atoms with Crippen molar-refractivity contribution in [3.63, 3.8) is 0 Å². The third-order valence-corrected chi connectivity index (χ3v) is 26.8. The third kappa shape index (κ3) is 24.9. The predicted molar refractivity (Wildman–Crippen MR) is 243 cm³/mol. The Hall–Kier alpha value is -3.61. The minimum Gasteiger partial charge on any atom is -0.480 e. The van der Waals surface area contributed by atoms with Gasteiger partial charge in [-0.25, -0.2) is 0 Å². The summed E-state index contributed by atoms with van der Waals surface area (Å²) in [6, 6.07) is 8.21. The molecule has 0 unspecified atom stereocenters. The molecule has 5 N–H and O–H groups in total. The summed E-state index contributed by atoms with van der Waals surface area (Å²) in [7, 11) is 0.